The Bertz CT molecular complexity index is 1070. The smallest absolute Gasteiger partial charge is 0.200 e. The maximum atomic E-state index is 13.5. The monoisotopic (exact) mass is 398 g/mol. The second kappa shape index (κ2) is 8.90. The van der Waals surface area contributed by atoms with Gasteiger partial charge in [-0.25, -0.2) is 0 Å². The van der Waals surface area contributed by atoms with Crippen LogP contribution in [-0.4, -0.2) is 28.4 Å². The van der Waals surface area contributed by atoms with E-state index in [4.69, 9.17) is 23.4 Å². The zero-order valence-corrected chi connectivity index (χ0v) is 17.5. The minimum atomic E-state index is -0.105. The highest BCUT2D eigenvalue weighted by Gasteiger charge is 2.22. The first kappa shape index (κ1) is 20.6. The summed E-state index contributed by atoms with van der Waals surface area (Å²) in [5, 5.41) is 0.413. The number of unbranched alkanes of at least 4 members (excludes halogenated alkanes) is 1. The van der Waals surface area contributed by atoms with Gasteiger partial charge in [-0.15, -0.1) is 0 Å². The van der Waals surface area contributed by atoms with Crippen molar-refractivity contribution in [1.29, 1.82) is 0 Å². The van der Waals surface area contributed by atoms with Crippen molar-refractivity contribution in [2.24, 2.45) is 0 Å². The van der Waals surface area contributed by atoms with Crippen LogP contribution in [0.4, 0.5) is 0 Å². The Morgan fingerprint density at radius 2 is 1.55 bits per heavy atom. The van der Waals surface area contributed by atoms with Gasteiger partial charge in [0.15, 0.2) is 5.43 Å². The predicted molar refractivity (Wildman–Crippen MR) is 113 cm³/mol. The maximum absolute atomic E-state index is 13.5. The van der Waals surface area contributed by atoms with E-state index in [2.05, 4.69) is 6.92 Å². The minimum Gasteiger partial charge on any atom is -0.497 e. The second-order valence-corrected chi connectivity index (χ2v) is 6.61. The number of rotatable bonds is 8. The molecule has 6 nitrogen and oxygen atoms in total. The third-order valence-corrected chi connectivity index (χ3v) is 4.92. The van der Waals surface area contributed by atoms with Crippen molar-refractivity contribution >= 4 is 11.0 Å². The van der Waals surface area contributed by atoms with Crippen LogP contribution in [0.5, 0.6) is 23.0 Å². The molecule has 154 valence electrons. The van der Waals surface area contributed by atoms with Crippen LogP contribution in [0.25, 0.3) is 22.3 Å². The van der Waals surface area contributed by atoms with Crippen LogP contribution >= 0.6 is 0 Å². The molecule has 3 rings (SSSR count). The Kier molecular flexibility index (Phi) is 6.32. The molecule has 1 heterocycles. The van der Waals surface area contributed by atoms with Crippen LogP contribution in [0.2, 0.25) is 0 Å². The van der Waals surface area contributed by atoms with Gasteiger partial charge in [0.2, 0.25) is 0 Å². The topological polar surface area (TPSA) is 67.1 Å². The lowest BCUT2D eigenvalue weighted by atomic mass is 9.99. The van der Waals surface area contributed by atoms with Gasteiger partial charge < -0.3 is 23.4 Å². The van der Waals surface area contributed by atoms with Crippen molar-refractivity contribution in [3.63, 3.8) is 0 Å². The maximum Gasteiger partial charge on any atom is 0.200 e. The van der Waals surface area contributed by atoms with E-state index in [0.29, 0.717) is 57.3 Å². The van der Waals surface area contributed by atoms with Gasteiger partial charge in [-0.2, -0.15) is 0 Å². The van der Waals surface area contributed by atoms with Crippen LogP contribution in [-0.2, 0) is 6.42 Å². The third-order valence-electron chi connectivity index (χ3n) is 4.92. The summed E-state index contributed by atoms with van der Waals surface area (Å²) in [5.41, 5.74) is 1.60. The number of methoxy groups -OCH3 is 4. The molecule has 0 amide bonds. The Morgan fingerprint density at radius 1 is 0.862 bits per heavy atom. The molecule has 0 atom stereocenters. The SMILES string of the molecule is CCCCc1c(-c2ccc(OC)cc2OC)oc2cc(OC)cc(OC)c2c1=O. The summed E-state index contributed by atoms with van der Waals surface area (Å²) >= 11 is 0. The van der Waals surface area contributed by atoms with Gasteiger partial charge in [0.1, 0.15) is 39.7 Å². The molecule has 0 fully saturated rings. The zero-order chi connectivity index (χ0) is 21.0. The first-order chi connectivity index (χ1) is 14.1. The minimum absolute atomic E-state index is 0.105. The van der Waals surface area contributed by atoms with E-state index < -0.39 is 0 Å². The molecular weight excluding hydrogens is 372 g/mol. The number of benzene rings is 2. The molecule has 0 unspecified atom stereocenters. The van der Waals surface area contributed by atoms with Gasteiger partial charge in [-0.3, -0.25) is 4.79 Å². The van der Waals surface area contributed by atoms with E-state index in [9.17, 15) is 4.79 Å². The average Bonchev–Trinajstić information content (AvgIpc) is 2.76. The summed E-state index contributed by atoms with van der Waals surface area (Å²) in [7, 11) is 6.26. The van der Waals surface area contributed by atoms with Crippen LogP contribution in [0.3, 0.4) is 0 Å². The second-order valence-electron chi connectivity index (χ2n) is 6.61. The predicted octanol–water partition coefficient (Wildman–Crippen LogP) is 4.84. The highest BCUT2D eigenvalue weighted by Crippen LogP contribution is 2.38. The summed E-state index contributed by atoms with van der Waals surface area (Å²) in [6.45, 7) is 2.09. The van der Waals surface area contributed by atoms with Crippen LogP contribution in [0.1, 0.15) is 25.3 Å². The summed E-state index contributed by atoms with van der Waals surface area (Å²) in [4.78, 5) is 13.5. The van der Waals surface area contributed by atoms with Gasteiger partial charge in [-0.1, -0.05) is 13.3 Å². The van der Waals surface area contributed by atoms with E-state index in [1.807, 2.05) is 12.1 Å². The van der Waals surface area contributed by atoms with E-state index in [0.717, 1.165) is 12.8 Å². The molecular formula is C23H26O6. The average molecular weight is 398 g/mol. The molecule has 0 saturated carbocycles. The highest BCUT2D eigenvalue weighted by molar-refractivity contribution is 5.88. The van der Waals surface area contributed by atoms with Crippen LogP contribution in [0.15, 0.2) is 39.5 Å². The molecule has 0 aliphatic rings. The zero-order valence-electron chi connectivity index (χ0n) is 17.5. The first-order valence-electron chi connectivity index (χ1n) is 9.52. The van der Waals surface area contributed by atoms with Crippen molar-refractivity contribution < 1.29 is 23.4 Å². The quantitative estimate of drug-likeness (QED) is 0.541. The normalized spacial score (nSPS) is 10.8. The van der Waals surface area contributed by atoms with Crippen molar-refractivity contribution in [1.82, 2.24) is 0 Å². The largest absolute Gasteiger partial charge is 0.497 e. The van der Waals surface area contributed by atoms with E-state index in [1.54, 1.807) is 39.5 Å². The summed E-state index contributed by atoms with van der Waals surface area (Å²) in [5.74, 6) is 2.70. The molecule has 0 saturated heterocycles. The van der Waals surface area contributed by atoms with Gasteiger partial charge in [0.25, 0.3) is 0 Å². The fraction of sp³-hybridized carbons (Fsp3) is 0.348. The number of fused-ring (bicyclic) bond motifs is 1. The Labute approximate surface area is 170 Å². The molecule has 29 heavy (non-hydrogen) atoms. The summed E-state index contributed by atoms with van der Waals surface area (Å²) in [6, 6.07) is 8.82. The molecule has 1 aromatic heterocycles. The van der Waals surface area contributed by atoms with Crippen LogP contribution < -0.4 is 24.4 Å². The lowest BCUT2D eigenvalue weighted by molar-refractivity contribution is 0.394. The molecule has 0 aliphatic heterocycles. The standard InChI is InChI=1S/C23H26O6/c1-6-7-8-17-22(24)21-19(28-5)12-15(26-3)13-20(21)29-23(17)16-10-9-14(25-2)11-18(16)27-4/h9-13H,6-8H2,1-5H3. The van der Waals surface area contributed by atoms with E-state index in [1.165, 1.54) is 7.11 Å². The molecule has 0 N–H and O–H groups in total. The van der Waals surface area contributed by atoms with Gasteiger partial charge >= 0.3 is 0 Å². The third kappa shape index (κ3) is 3.88. The lowest BCUT2D eigenvalue weighted by Gasteiger charge is -2.15. The van der Waals surface area contributed by atoms with Gasteiger partial charge in [0.05, 0.1) is 34.0 Å². The summed E-state index contributed by atoms with van der Waals surface area (Å²) in [6.07, 6.45) is 2.41. The Hall–Kier alpha value is -3.15. The van der Waals surface area contributed by atoms with Crippen molar-refractivity contribution in [2.75, 3.05) is 28.4 Å². The van der Waals surface area contributed by atoms with Gasteiger partial charge in [-0.05, 0) is 25.0 Å². The lowest BCUT2D eigenvalue weighted by Crippen LogP contribution is -2.13. The number of hydrogen-bond acceptors (Lipinski definition) is 6. The first-order valence-corrected chi connectivity index (χ1v) is 9.52. The summed E-state index contributed by atoms with van der Waals surface area (Å²) < 4.78 is 27.9. The fourth-order valence-corrected chi connectivity index (χ4v) is 3.36. The van der Waals surface area contributed by atoms with Crippen LogP contribution in [0, 0.1) is 0 Å². The number of ether oxygens (including phenoxy) is 4. The highest BCUT2D eigenvalue weighted by atomic mass is 16.5. The van der Waals surface area contributed by atoms with Crippen molar-refractivity contribution in [3.05, 3.63) is 46.1 Å². The molecule has 0 aliphatic carbocycles. The molecule has 6 heteroatoms. The molecule has 3 aromatic rings. The Morgan fingerprint density at radius 3 is 2.17 bits per heavy atom. The molecule has 2 aromatic carbocycles. The molecule has 0 radical (unpaired) electrons. The van der Waals surface area contributed by atoms with Gasteiger partial charge in [0, 0.05) is 23.8 Å². The van der Waals surface area contributed by atoms with Crippen molar-refractivity contribution in [2.45, 2.75) is 26.2 Å². The van der Waals surface area contributed by atoms with E-state index in [-0.39, 0.29) is 5.43 Å². The van der Waals surface area contributed by atoms with Crippen molar-refractivity contribution in [3.8, 4) is 34.3 Å². The Balaban J connectivity index is 2.37. The van der Waals surface area contributed by atoms with E-state index >= 15 is 0 Å². The molecule has 0 spiro atoms. The fourth-order valence-electron chi connectivity index (χ4n) is 3.36. The number of hydrogen-bond donors (Lipinski definition) is 0. The molecule has 0 bridgehead atoms.